The van der Waals surface area contributed by atoms with Crippen molar-refractivity contribution in [3.05, 3.63) is 60.2 Å². The first-order valence-electron chi connectivity index (χ1n) is 7.82. The van der Waals surface area contributed by atoms with Crippen LogP contribution in [0.2, 0.25) is 0 Å². The van der Waals surface area contributed by atoms with Gasteiger partial charge in [-0.15, -0.1) is 11.8 Å². The zero-order valence-corrected chi connectivity index (χ0v) is 15.0. The highest BCUT2D eigenvalue weighted by molar-refractivity contribution is 8.00. The lowest BCUT2D eigenvalue weighted by Gasteiger charge is -2.17. The second-order valence-electron chi connectivity index (χ2n) is 5.21. The fourth-order valence-corrected chi connectivity index (χ4v) is 3.30. The van der Waals surface area contributed by atoms with Crippen LogP contribution in [0.15, 0.2) is 54.6 Å². The van der Waals surface area contributed by atoms with E-state index in [-0.39, 0.29) is 18.3 Å². The number of carbonyl (C=O) groups excluding carboxylic acids is 2. The van der Waals surface area contributed by atoms with Crippen LogP contribution in [0, 0.1) is 0 Å². The van der Waals surface area contributed by atoms with Crippen LogP contribution in [0.1, 0.15) is 17.2 Å². The number of anilines is 1. The van der Waals surface area contributed by atoms with Crippen molar-refractivity contribution >= 4 is 29.3 Å². The van der Waals surface area contributed by atoms with Crippen molar-refractivity contribution in [3.63, 3.8) is 0 Å². The van der Waals surface area contributed by atoms with Gasteiger partial charge in [-0.25, -0.2) is 0 Å². The van der Waals surface area contributed by atoms with Gasteiger partial charge >= 0.3 is 5.97 Å². The molecule has 0 saturated heterocycles. The Bertz CT molecular complexity index is 706. The Morgan fingerprint density at radius 2 is 1.84 bits per heavy atom. The van der Waals surface area contributed by atoms with Gasteiger partial charge in [-0.2, -0.15) is 0 Å². The average molecular weight is 359 g/mol. The summed E-state index contributed by atoms with van der Waals surface area (Å²) in [6.45, 7) is 0. The van der Waals surface area contributed by atoms with Gasteiger partial charge in [0.2, 0.25) is 5.91 Å². The van der Waals surface area contributed by atoms with E-state index in [2.05, 4.69) is 10.1 Å². The Labute approximate surface area is 151 Å². The van der Waals surface area contributed by atoms with E-state index in [1.165, 1.54) is 18.9 Å². The molecule has 2 aromatic rings. The van der Waals surface area contributed by atoms with Crippen molar-refractivity contribution in [2.24, 2.45) is 0 Å². The molecule has 132 valence electrons. The van der Waals surface area contributed by atoms with Crippen LogP contribution in [-0.4, -0.2) is 31.8 Å². The number of benzene rings is 2. The monoisotopic (exact) mass is 359 g/mol. The molecule has 2 rings (SSSR count). The molecule has 0 saturated carbocycles. The zero-order valence-electron chi connectivity index (χ0n) is 14.2. The Hall–Kier alpha value is -2.47. The van der Waals surface area contributed by atoms with Gasteiger partial charge in [-0.05, 0) is 17.7 Å². The number of hydrogen-bond donors (Lipinski definition) is 1. The van der Waals surface area contributed by atoms with Crippen LogP contribution in [0.3, 0.4) is 0 Å². The highest BCUT2D eigenvalue weighted by atomic mass is 32.2. The van der Waals surface area contributed by atoms with Gasteiger partial charge < -0.3 is 14.8 Å². The molecule has 0 fully saturated rings. The number of thioether (sulfide) groups is 1. The van der Waals surface area contributed by atoms with Gasteiger partial charge in [-0.1, -0.05) is 36.4 Å². The summed E-state index contributed by atoms with van der Waals surface area (Å²) < 4.78 is 9.83. The van der Waals surface area contributed by atoms with Crippen LogP contribution in [0.4, 0.5) is 5.69 Å². The first-order chi connectivity index (χ1) is 12.1. The maximum atomic E-state index is 12.8. The minimum atomic E-state index is -0.419. The summed E-state index contributed by atoms with van der Waals surface area (Å²) in [7, 11) is 2.94. The van der Waals surface area contributed by atoms with Gasteiger partial charge in [0.25, 0.3) is 0 Å². The summed E-state index contributed by atoms with van der Waals surface area (Å²) in [6, 6.07) is 16.7. The summed E-state index contributed by atoms with van der Waals surface area (Å²) in [5.74, 6) is 0.742. The number of hydrogen-bond acceptors (Lipinski definition) is 5. The third-order valence-electron chi connectivity index (χ3n) is 3.50. The maximum absolute atomic E-state index is 12.8. The van der Waals surface area contributed by atoms with Crippen molar-refractivity contribution < 1.29 is 19.1 Å². The van der Waals surface area contributed by atoms with Crippen molar-refractivity contribution in [1.29, 1.82) is 0 Å². The fraction of sp³-hybridized carbons (Fsp3) is 0.263. The molecule has 0 spiro atoms. The summed E-state index contributed by atoms with van der Waals surface area (Å²) in [4.78, 5) is 24.1. The highest BCUT2D eigenvalue weighted by Gasteiger charge is 2.21. The lowest BCUT2D eigenvalue weighted by Crippen LogP contribution is -2.19. The predicted octanol–water partition coefficient (Wildman–Crippen LogP) is 3.67. The van der Waals surface area contributed by atoms with E-state index in [1.54, 1.807) is 13.2 Å². The molecule has 0 radical (unpaired) electrons. The standard InChI is InChI=1S/C19H21NO4S/c1-23-16-10-6-9-15(13-16)20-19(22)18(14-7-4-3-5-8-14)25-12-11-17(21)24-2/h3-10,13,18H,11-12H2,1-2H3,(H,20,22)/t18-/m1/s1. The smallest absolute Gasteiger partial charge is 0.306 e. The van der Waals surface area contributed by atoms with Crippen molar-refractivity contribution in [1.82, 2.24) is 0 Å². The Morgan fingerprint density at radius 3 is 2.52 bits per heavy atom. The maximum Gasteiger partial charge on any atom is 0.306 e. The molecular formula is C19H21NO4S. The first-order valence-corrected chi connectivity index (χ1v) is 8.87. The molecule has 0 unspecified atom stereocenters. The van der Waals surface area contributed by atoms with E-state index in [4.69, 9.17) is 4.74 Å². The second kappa shape index (κ2) is 9.74. The molecule has 1 amide bonds. The molecule has 0 heterocycles. The molecule has 0 aromatic heterocycles. The number of esters is 1. The van der Waals surface area contributed by atoms with Crippen molar-refractivity contribution in [2.75, 3.05) is 25.3 Å². The van der Waals surface area contributed by atoms with E-state index >= 15 is 0 Å². The Balaban J connectivity index is 2.10. The highest BCUT2D eigenvalue weighted by Crippen LogP contribution is 2.31. The van der Waals surface area contributed by atoms with Crippen molar-refractivity contribution in [3.8, 4) is 5.75 Å². The molecule has 2 aromatic carbocycles. The minimum Gasteiger partial charge on any atom is -0.497 e. The van der Waals surface area contributed by atoms with E-state index < -0.39 is 5.25 Å². The molecule has 1 atom stereocenters. The number of amides is 1. The number of methoxy groups -OCH3 is 2. The Kier molecular flexibility index (Phi) is 7.35. The SMILES string of the molecule is COC(=O)CCS[C@@H](C(=O)Nc1cccc(OC)c1)c1ccccc1. The molecule has 0 aliphatic heterocycles. The third kappa shape index (κ3) is 5.83. The van der Waals surface area contributed by atoms with Gasteiger partial charge in [0, 0.05) is 17.5 Å². The van der Waals surface area contributed by atoms with Crippen LogP contribution in [-0.2, 0) is 14.3 Å². The number of nitrogens with one attached hydrogen (secondary N) is 1. The van der Waals surface area contributed by atoms with E-state index in [0.717, 1.165) is 5.56 Å². The molecule has 0 aliphatic rings. The molecule has 6 heteroatoms. The van der Waals surface area contributed by atoms with Gasteiger partial charge in [0.15, 0.2) is 0 Å². The summed E-state index contributed by atoms with van der Waals surface area (Å²) in [5, 5.41) is 2.49. The van der Waals surface area contributed by atoms with Crippen LogP contribution in [0.5, 0.6) is 5.75 Å². The van der Waals surface area contributed by atoms with Gasteiger partial charge in [-0.3, -0.25) is 9.59 Å². The average Bonchev–Trinajstić information content (AvgIpc) is 2.65. The van der Waals surface area contributed by atoms with Crippen LogP contribution >= 0.6 is 11.8 Å². The summed E-state index contributed by atoms with van der Waals surface area (Å²) >= 11 is 1.41. The molecule has 0 aliphatic carbocycles. The molecule has 0 bridgehead atoms. The summed E-state index contributed by atoms with van der Waals surface area (Å²) in [6.07, 6.45) is 0.261. The topological polar surface area (TPSA) is 64.6 Å². The Morgan fingerprint density at radius 1 is 1.08 bits per heavy atom. The molecule has 1 N–H and O–H groups in total. The van der Waals surface area contributed by atoms with E-state index in [0.29, 0.717) is 17.2 Å². The molecular weight excluding hydrogens is 338 g/mol. The lowest BCUT2D eigenvalue weighted by atomic mass is 10.1. The number of ether oxygens (including phenoxy) is 2. The zero-order chi connectivity index (χ0) is 18.1. The first kappa shape index (κ1) is 18.9. The fourth-order valence-electron chi connectivity index (χ4n) is 2.22. The van der Waals surface area contributed by atoms with Crippen LogP contribution < -0.4 is 10.1 Å². The second-order valence-corrected chi connectivity index (χ2v) is 6.42. The quantitative estimate of drug-likeness (QED) is 0.729. The summed E-state index contributed by atoms with van der Waals surface area (Å²) in [5.41, 5.74) is 1.55. The van der Waals surface area contributed by atoms with Crippen molar-refractivity contribution in [2.45, 2.75) is 11.7 Å². The normalized spacial score (nSPS) is 11.4. The predicted molar refractivity (Wildman–Crippen MR) is 99.9 cm³/mol. The van der Waals surface area contributed by atoms with Crippen LogP contribution in [0.25, 0.3) is 0 Å². The third-order valence-corrected chi connectivity index (χ3v) is 4.76. The minimum absolute atomic E-state index is 0.144. The molecule has 25 heavy (non-hydrogen) atoms. The lowest BCUT2D eigenvalue weighted by molar-refractivity contribution is -0.140. The van der Waals surface area contributed by atoms with E-state index in [1.807, 2.05) is 48.5 Å². The van der Waals surface area contributed by atoms with E-state index in [9.17, 15) is 9.59 Å². The van der Waals surface area contributed by atoms with Gasteiger partial charge in [0.1, 0.15) is 11.0 Å². The number of carbonyl (C=O) groups is 2. The van der Waals surface area contributed by atoms with Gasteiger partial charge in [0.05, 0.1) is 20.6 Å². The largest absolute Gasteiger partial charge is 0.497 e. The number of rotatable bonds is 8. The molecule has 5 nitrogen and oxygen atoms in total.